The Hall–Kier alpha value is -1.71. The van der Waals surface area contributed by atoms with E-state index in [0.717, 1.165) is 18.7 Å². The van der Waals surface area contributed by atoms with Crippen LogP contribution in [0.5, 0.6) is 0 Å². The standard InChI is InChI=1S/C21H25FN2/c22-19-9-5-4-8-17(19)13-23-14-21(10-11-21)15-24-20-12-18(20)16-6-2-1-3-7-16/h1-9,18,20,23-24H,10-15H2. The molecule has 0 bridgehead atoms. The molecule has 2 unspecified atom stereocenters. The molecule has 0 amide bonds. The predicted octanol–water partition coefficient (Wildman–Crippen LogP) is 3.84. The monoisotopic (exact) mass is 324 g/mol. The zero-order valence-corrected chi connectivity index (χ0v) is 14.0. The summed E-state index contributed by atoms with van der Waals surface area (Å²) in [7, 11) is 0. The molecule has 2 fully saturated rings. The summed E-state index contributed by atoms with van der Waals surface area (Å²) in [4.78, 5) is 0. The molecule has 0 aliphatic heterocycles. The number of benzene rings is 2. The molecule has 126 valence electrons. The van der Waals surface area contributed by atoms with Gasteiger partial charge in [-0.05, 0) is 36.3 Å². The van der Waals surface area contributed by atoms with E-state index >= 15 is 0 Å². The fourth-order valence-corrected chi connectivity index (χ4v) is 3.53. The summed E-state index contributed by atoms with van der Waals surface area (Å²) in [6, 6.07) is 18.4. The summed E-state index contributed by atoms with van der Waals surface area (Å²) in [6.07, 6.45) is 3.79. The Bertz CT molecular complexity index is 681. The van der Waals surface area contributed by atoms with Gasteiger partial charge in [-0.15, -0.1) is 0 Å². The molecule has 2 aliphatic rings. The zero-order valence-electron chi connectivity index (χ0n) is 14.0. The van der Waals surface area contributed by atoms with Gasteiger partial charge in [0.2, 0.25) is 0 Å². The Labute approximate surface area is 143 Å². The third-order valence-corrected chi connectivity index (χ3v) is 5.49. The second-order valence-electron chi connectivity index (χ2n) is 7.44. The average molecular weight is 324 g/mol. The van der Waals surface area contributed by atoms with Gasteiger partial charge in [-0.3, -0.25) is 0 Å². The van der Waals surface area contributed by atoms with Gasteiger partial charge < -0.3 is 10.6 Å². The summed E-state index contributed by atoms with van der Waals surface area (Å²) >= 11 is 0. The predicted molar refractivity (Wildman–Crippen MR) is 95.4 cm³/mol. The highest BCUT2D eigenvalue weighted by molar-refractivity contribution is 5.27. The van der Waals surface area contributed by atoms with Crippen LogP contribution in [-0.2, 0) is 6.54 Å². The van der Waals surface area contributed by atoms with Crippen molar-refractivity contribution in [3.05, 3.63) is 71.5 Å². The van der Waals surface area contributed by atoms with E-state index in [0.29, 0.717) is 23.9 Å². The lowest BCUT2D eigenvalue weighted by Crippen LogP contribution is -2.34. The largest absolute Gasteiger partial charge is 0.313 e. The van der Waals surface area contributed by atoms with Gasteiger partial charge in [0.25, 0.3) is 0 Å². The molecule has 2 nitrogen and oxygen atoms in total. The third kappa shape index (κ3) is 3.68. The van der Waals surface area contributed by atoms with E-state index in [-0.39, 0.29) is 5.82 Å². The highest BCUT2D eigenvalue weighted by atomic mass is 19.1. The van der Waals surface area contributed by atoms with Crippen molar-refractivity contribution in [3.63, 3.8) is 0 Å². The Morgan fingerprint density at radius 3 is 2.46 bits per heavy atom. The van der Waals surface area contributed by atoms with Gasteiger partial charge in [0.05, 0.1) is 0 Å². The molecule has 0 radical (unpaired) electrons. The molecule has 0 heterocycles. The Kier molecular flexibility index (Phi) is 4.38. The van der Waals surface area contributed by atoms with Crippen LogP contribution < -0.4 is 10.6 Å². The second-order valence-corrected chi connectivity index (χ2v) is 7.44. The first-order valence-electron chi connectivity index (χ1n) is 8.98. The van der Waals surface area contributed by atoms with Crippen LogP contribution in [0.25, 0.3) is 0 Å². The summed E-state index contributed by atoms with van der Waals surface area (Å²) < 4.78 is 13.6. The molecule has 2 N–H and O–H groups in total. The molecule has 2 aliphatic carbocycles. The minimum atomic E-state index is -0.114. The maximum atomic E-state index is 13.6. The van der Waals surface area contributed by atoms with Crippen molar-refractivity contribution in [3.8, 4) is 0 Å². The van der Waals surface area contributed by atoms with E-state index in [9.17, 15) is 4.39 Å². The number of hydrogen-bond donors (Lipinski definition) is 2. The second kappa shape index (κ2) is 6.66. The van der Waals surface area contributed by atoms with Gasteiger partial charge in [-0.25, -0.2) is 4.39 Å². The molecule has 2 aromatic carbocycles. The Balaban J connectivity index is 1.21. The van der Waals surface area contributed by atoms with Crippen LogP contribution >= 0.6 is 0 Å². The van der Waals surface area contributed by atoms with Gasteiger partial charge in [-0.2, -0.15) is 0 Å². The van der Waals surface area contributed by atoms with Crippen molar-refractivity contribution >= 4 is 0 Å². The van der Waals surface area contributed by atoms with Crippen LogP contribution in [0.2, 0.25) is 0 Å². The highest BCUT2D eigenvalue weighted by Crippen LogP contribution is 2.46. The number of hydrogen-bond acceptors (Lipinski definition) is 2. The molecule has 2 saturated carbocycles. The van der Waals surface area contributed by atoms with Crippen molar-refractivity contribution < 1.29 is 4.39 Å². The zero-order chi connectivity index (χ0) is 16.4. The van der Waals surface area contributed by atoms with Gasteiger partial charge in [0, 0.05) is 37.2 Å². The van der Waals surface area contributed by atoms with Crippen LogP contribution in [0.3, 0.4) is 0 Å². The number of halogens is 1. The van der Waals surface area contributed by atoms with Gasteiger partial charge in [-0.1, -0.05) is 48.5 Å². The van der Waals surface area contributed by atoms with Gasteiger partial charge in [0.15, 0.2) is 0 Å². The first-order chi connectivity index (χ1) is 11.8. The van der Waals surface area contributed by atoms with Crippen molar-refractivity contribution in [1.82, 2.24) is 10.6 Å². The van der Waals surface area contributed by atoms with Gasteiger partial charge in [0.1, 0.15) is 5.82 Å². The van der Waals surface area contributed by atoms with Crippen molar-refractivity contribution in [2.45, 2.75) is 37.8 Å². The van der Waals surface area contributed by atoms with Crippen LogP contribution in [0.1, 0.15) is 36.3 Å². The maximum absolute atomic E-state index is 13.6. The minimum absolute atomic E-state index is 0.114. The molecule has 0 saturated heterocycles. The smallest absolute Gasteiger partial charge is 0.127 e. The molecule has 2 aromatic rings. The lowest BCUT2D eigenvalue weighted by Gasteiger charge is -2.17. The molecule has 2 atom stereocenters. The van der Waals surface area contributed by atoms with E-state index in [1.807, 2.05) is 12.1 Å². The summed E-state index contributed by atoms with van der Waals surface area (Å²) in [6.45, 7) is 2.66. The average Bonchev–Trinajstić information content (AvgIpc) is 3.52. The number of nitrogens with one attached hydrogen (secondary N) is 2. The fraction of sp³-hybridized carbons (Fsp3) is 0.429. The first-order valence-corrected chi connectivity index (χ1v) is 8.98. The number of rotatable bonds is 8. The topological polar surface area (TPSA) is 24.1 Å². The van der Waals surface area contributed by atoms with Crippen molar-refractivity contribution in [2.75, 3.05) is 13.1 Å². The molecule has 0 spiro atoms. The molecular formula is C21H25FN2. The fourth-order valence-electron chi connectivity index (χ4n) is 3.53. The molecule has 4 rings (SSSR count). The third-order valence-electron chi connectivity index (χ3n) is 5.49. The van der Waals surface area contributed by atoms with E-state index in [1.165, 1.54) is 30.9 Å². The molecule has 24 heavy (non-hydrogen) atoms. The lowest BCUT2D eigenvalue weighted by atomic mass is 10.1. The van der Waals surface area contributed by atoms with Gasteiger partial charge >= 0.3 is 0 Å². The van der Waals surface area contributed by atoms with Crippen LogP contribution in [0.4, 0.5) is 4.39 Å². The van der Waals surface area contributed by atoms with Crippen LogP contribution in [0, 0.1) is 11.2 Å². The van der Waals surface area contributed by atoms with Crippen molar-refractivity contribution in [2.24, 2.45) is 5.41 Å². The normalized spacial score (nSPS) is 23.9. The van der Waals surface area contributed by atoms with E-state index in [1.54, 1.807) is 6.07 Å². The van der Waals surface area contributed by atoms with Crippen LogP contribution in [-0.4, -0.2) is 19.1 Å². The maximum Gasteiger partial charge on any atom is 0.127 e. The summed E-state index contributed by atoms with van der Waals surface area (Å²) in [5.74, 6) is 0.574. The van der Waals surface area contributed by atoms with Crippen LogP contribution in [0.15, 0.2) is 54.6 Å². The van der Waals surface area contributed by atoms with E-state index in [4.69, 9.17) is 0 Å². The van der Waals surface area contributed by atoms with E-state index in [2.05, 4.69) is 41.0 Å². The SMILES string of the molecule is Fc1ccccc1CNCC1(CNC2CC2c2ccccc2)CC1. The first kappa shape index (κ1) is 15.8. The molecule has 0 aromatic heterocycles. The Morgan fingerprint density at radius 2 is 1.71 bits per heavy atom. The minimum Gasteiger partial charge on any atom is -0.313 e. The lowest BCUT2D eigenvalue weighted by molar-refractivity contribution is 0.417. The summed E-state index contributed by atoms with van der Waals surface area (Å²) in [5.41, 5.74) is 2.60. The quantitative estimate of drug-likeness (QED) is 0.771. The Morgan fingerprint density at radius 1 is 0.958 bits per heavy atom. The highest BCUT2D eigenvalue weighted by Gasteiger charge is 2.45. The molecule has 3 heteroatoms. The van der Waals surface area contributed by atoms with Crippen molar-refractivity contribution in [1.29, 1.82) is 0 Å². The molecular weight excluding hydrogens is 299 g/mol. The van der Waals surface area contributed by atoms with E-state index < -0.39 is 0 Å². The summed E-state index contributed by atoms with van der Waals surface area (Å²) in [5, 5.41) is 7.21.